The summed E-state index contributed by atoms with van der Waals surface area (Å²) in [6.07, 6.45) is 6.04. The Morgan fingerprint density at radius 1 is 1.28 bits per heavy atom. The minimum Gasteiger partial charge on any atom is -0.350 e. The van der Waals surface area contributed by atoms with Gasteiger partial charge < -0.3 is 10.6 Å². The maximum Gasteiger partial charge on any atom is 0.325 e. The van der Waals surface area contributed by atoms with Crippen LogP contribution in [0.1, 0.15) is 57.2 Å². The Kier molecular flexibility index (Phi) is 6.99. The van der Waals surface area contributed by atoms with Crippen molar-refractivity contribution >= 4 is 29.2 Å². The average Bonchev–Trinajstić information content (AvgIpc) is 3.16. The first-order chi connectivity index (χ1) is 12.0. The van der Waals surface area contributed by atoms with E-state index >= 15 is 0 Å². The molecule has 7 heteroatoms. The van der Waals surface area contributed by atoms with E-state index in [9.17, 15) is 14.4 Å². The summed E-state index contributed by atoms with van der Waals surface area (Å²) in [6, 6.07) is 3.36. The number of amides is 4. The van der Waals surface area contributed by atoms with Gasteiger partial charge in [0.15, 0.2) is 0 Å². The van der Waals surface area contributed by atoms with Crippen LogP contribution in [0, 0.1) is 0 Å². The fourth-order valence-electron chi connectivity index (χ4n) is 2.94. The van der Waals surface area contributed by atoms with Crippen LogP contribution in [0.3, 0.4) is 0 Å². The molecular weight excluding hydrogens is 338 g/mol. The van der Waals surface area contributed by atoms with Gasteiger partial charge in [0.2, 0.25) is 5.91 Å². The Morgan fingerprint density at radius 2 is 2.04 bits per heavy atom. The Bertz CT molecular complexity index is 603. The topological polar surface area (TPSA) is 78.5 Å². The number of carbonyl (C=O) groups excluding carboxylic acids is 3. The van der Waals surface area contributed by atoms with Gasteiger partial charge in [-0.15, -0.1) is 11.3 Å². The van der Waals surface area contributed by atoms with Gasteiger partial charge >= 0.3 is 6.03 Å². The number of nitrogens with zero attached hydrogens (tertiary/aromatic N) is 1. The smallest absolute Gasteiger partial charge is 0.325 e. The molecule has 1 aliphatic rings. The Hall–Kier alpha value is -1.89. The fraction of sp³-hybridized carbons (Fsp3) is 0.611. The number of carbonyl (C=O) groups is 3. The summed E-state index contributed by atoms with van der Waals surface area (Å²) in [6.45, 7) is 4.08. The Morgan fingerprint density at radius 3 is 2.72 bits per heavy atom. The van der Waals surface area contributed by atoms with E-state index in [0.717, 1.165) is 29.0 Å². The van der Waals surface area contributed by atoms with Gasteiger partial charge in [-0.2, -0.15) is 0 Å². The first-order valence-corrected chi connectivity index (χ1v) is 9.77. The molecule has 6 nitrogen and oxygen atoms in total. The van der Waals surface area contributed by atoms with E-state index < -0.39 is 11.6 Å². The van der Waals surface area contributed by atoms with E-state index in [4.69, 9.17) is 0 Å². The summed E-state index contributed by atoms with van der Waals surface area (Å²) < 4.78 is 0. The van der Waals surface area contributed by atoms with E-state index in [2.05, 4.69) is 17.6 Å². The molecule has 1 aromatic heterocycles. The second kappa shape index (κ2) is 8.99. The molecule has 138 valence electrons. The Balaban J connectivity index is 1.81. The minimum atomic E-state index is -0.892. The summed E-state index contributed by atoms with van der Waals surface area (Å²) in [5, 5.41) is 7.44. The van der Waals surface area contributed by atoms with Crippen LogP contribution in [0.25, 0.3) is 0 Å². The van der Waals surface area contributed by atoms with Crippen molar-refractivity contribution in [2.24, 2.45) is 0 Å². The predicted octanol–water partition coefficient (Wildman–Crippen LogP) is 3.04. The number of thiophene rings is 1. The largest absolute Gasteiger partial charge is 0.350 e. The zero-order valence-electron chi connectivity index (χ0n) is 15.0. The molecule has 0 bridgehead atoms. The van der Waals surface area contributed by atoms with Gasteiger partial charge in [0, 0.05) is 4.88 Å². The summed E-state index contributed by atoms with van der Waals surface area (Å²) in [4.78, 5) is 38.8. The van der Waals surface area contributed by atoms with E-state index in [1.807, 2.05) is 17.5 Å². The van der Waals surface area contributed by atoms with Crippen molar-refractivity contribution in [1.29, 1.82) is 0 Å². The highest BCUT2D eigenvalue weighted by atomic mass is 32.1. The van der Waals surface area contributed by atoms with Crippen molar-refractivity contribution in [2.75, 3.05) is 6.54 Å². The molecule has 1 aromatic rings. The number of imide groups is 1. The average molecular weight is 365 g/mol. The molecule has 4 amide bonds. The van der Waals surface area contributed by atoms with Crippen molar-refractivity contribution < 1.29 is 14.4 Å². The van der Waals surface area contributed by atoms with Crippen LogP contribution in [0.4, 0.5) is 4.79 Å². The van der Waals surface area contributed by atoms with Crippen LogP contribution < -0.4 is 10.6 Å². The molecular formula is C18H27N3O3S. The maximum absolute atomic E-state index is 12.6. The summed E-state index contributed by atoms with van der Waals surface area (Å²) in [7, 11) is 0. The van der Waals surface area contributed by atoms with Crippen LogP contribution in [0.2, 0.25) is 0 Å². The van der Waals surface area contributed by atoms with Gasteiger partial charge in [-0.05, 0) is 24.8 Å². The SMILES string of the molecule is CCCCCCC[C@]1(C)NC(=O)N(CC(=O)NCc2cccs2)C1=O. The van der Waals surface area contributed by atoms with E-state index in [-0.39, 0.29) is 18.4 Å². The molecule has 25 heavy (non-hydrogen) atoms. The molecule has 1 aliphatic heterocycles. The zero-order chi connectivity index (χ0) is 18.3. The number of hydrogen-bond acceptors (Lipinski definition) is 4. The van der Waals surface area contributed by atoms with Gasteiger partial charge in [-0.1, -0.05) is 45.1 Å². The number of urea groups is 1. The predicted molar refractivity (Wildman–Crippen MR) is 98.2 cm³/mol. The summed E-state index contributed by atoms with van der Waals surface area (Å²) >= 11 is 1.55. The lowest BCUT2D eigenvalue weighted by Gasteiger charge is -2.21. The van der Waals surface area contributed by atoms with E-state index in [1.165, 1.54) is 12.8 Å². The number of unbranched alkanes of at least 4 members (excludes halogenated alkanes) is 4. The molecule has 0 spiro atoms. The van der Waals surface area contributed by atoms with Crippen molar-refractivity contribution in [3.05, 3.63) is 22.4 Å². The first-order valence-electron chi connectivity index (χ1n) is 8.89. The van der Waals surface area contributed by atoms with Crippen LogP contribution in [-0.4, -0.2) is 34.8 Å². The molecule has 1 fully saturated rings. The van der Waals surface area contributed by atoms with E-state index in [0.29, 0.717) is 13.0 Å². The fourth-order valence-corrected chi connectivity index (χ4v) is 3.59. The van der Waals surface area contributed by atoms with Gasteiger partial charge in [0.05, 0.1) is 6.54 Å². The van der Waals surface area contributed by atoms with Crippen LogP contribution >= 0.6 is 11.3 Å². The van der Waals surface area contributed by atoms with Gasteiger partial charge in [0.25, 0.3) is 5.91 Å². The lowest BCUT2D eigenvalue weighted by Crippen LogP contribution is -2.45. The minimum absolute atomic E-state index is 0.235. The quantitative estimate of drug-likeness (QED) is 0.494. The van der Waals surface area contributed by atoms with Crippen molar-refractivity contribution in [1.82, 2.24) is 15.5 Å². The van der Waals surface area contributed by atoms with Gasteiger partial charge in [-0.3, -0.25) is 14.5 Å². The lowest BCUT2D eigenvalue weighted by molar-refractivity contribution is -0.134. The van der Waals surface area contributed by atoms with Crippen LogP contribution in [0.5, 0.6) is 0 Å². The maximum atomic E-state index is 12.6. The monoisotopic (exact) mass is 365 g/mol. The molecule has 0 saturated carbocycles. The molecule has 2 heterocycles. The third kappa shape index (κ3) is 5.29. The summed E-state index contributed by atoms with van der Waals surface area (Å²) in [5.41, 5.74) is -0.892. The van der Waals surface area contributed by atoms with Crippen LogP contribution in [-0.2, 0) is 16.1 Å². The van der Waals surface area contributed by atoms with Crippen LogP contribution in [0.15, 0.2) is 17.5 Å². The lowest BCUT2D eigenvalue weighted by atomic mass is 9.94. The van der Waals surface area contributed by atoms with Crippen molar-refractivity contribution in [3.63, 3.8) is 0 Å². The highest BCUT2D eigenvalue weighted by molar-refractivity contribution is 7.09. The van der Waals surface area contributed by atoms with Gasteiger partial charge in [0.1, 0.15) is 12.1 Å². The highest BCUT2D eigenvalue weighted by Crippen LogP contribution is 2.24. The van der Waals surface area contributed by atoms with Crippen molar-refractivity contribution in [3.8, 4) is 0 Å². The number of rotatable bonds is 10. The molecule has 0 unspecified atom stereocenters. The third-order valence-corrected chi connectivity index (χ3v) is 5.34. The summed E-state index contributed by atoms with van der Waals surface area (Å²) in [5.74, 6) is -0.636. The van der Waals surface area contributed by atoms with Crippen molar-refractivity contribution in [2.45, 2.75) is 64.5 Å². The van der Waals surface area contributed by atoms with Gasteiger partial charge in [-0.25, -0.2) is 4.79 Å². The second-order valence-corrected chi connectivity index (χ2v) is 7.71. The molecule has 0 aromatic carbocycles. The third-order valence-electron chi connectivity index (χ3n) is 4.47. The first kappa shape index (κ1) is 19.4. The molecule has 1 saturated heterocycles. The zero-order valence-corrected chi connectivity index (χ0v) is 15.8. The molecule has 2 N–H and O–H groups in total. The number of hydrogen-bond donors (Lipinski definition) is 2. The molecule has 1 atom stereocenters. The number of nitrogens with one attached hydrogen (secondary N) is 2. The van der Waals surface area contributed by atoms with E-state index in [1.54, 1.807) is 18.3 Å². The Labute approximate surface area is 153 Å². The normalized spacial score (nSPS) is 20.0. The standard InChI is InChI=1S/C18H27N3O3S/c1-3-4-5-6-7-10-18(2)16(23)21(17(24)20-18)13-15(22)19-12-14-9-8-11-25-14/h8-9,11H,3-7,10,12-13H2,1-2H3,(H,19,22)(H,20,24)/t18-/m0/s1. The molecule has 0 radical (unpaired) electrons. The molecule has 2 rings (SSSR count). The molecule has 0 aliphatic carbocycles. The second-order valence-electron chi connectivity index (χ2n) is 6.67. The highest BCUT2D eigenvalue weighted by Gasteiger charge is 2.47.